The lowest BCUT2D eigenvalue weighted by Crippen LogP contribution is -2.43. The van der Waals surface area contributed by atoms with E-state index in [0.717, 1.165) is 6.42 Å². The molecule has 0 aliphatic heterocycles. The molecule has 0 amide bonds. The average molecular weight is 568 g/mol. The first kappa shape index (κ1) is 34.7. The summed E-state index contributed by atoms with van der Waals surface area (Å²) in [6.45, 7) is 16.0. The predicted octanol–water partition coefficient (Wildman–Crippen LogP) is 5.36. The first-order valence-corrected chi connectivity index (χ1v) is 13.4. The molecule has 0 heterocycles. The van der Waals surface area contributed by atoms with Crippen LogP contribution in [0.25, 0.3) is 0 Å². The van der Waals surface area contributed by atoms with E-state index in [4.69, 9.17) is 28.4 Å². The first-order chi connectivity index (χ1) is 18.4. The van der Waals surface area contributed by atoms with Crippen molar-refractivity contribution in [2.75, 3.05) is 13.7 Å². The van der Waals surface area contributed by atoms with Crippen LogP contribution in [0.5, 0.6) is 11.5 Å². The topological polar surface area (TPSA) is 136 Å². The molecule has 0 saturated heterocycles. The van der Waals surface area contributed by atoms with Gasteiger partial charge in [0.1, 0.15) is 23.3 Å². The van der Waals surface area contributed by atoms with Crippen LogP contribution in [0.3, 0.4) is 0 Å². The van der Waals surface area contributed by atoms with Crippen molar-refractivity contribution >= 4 is 24.2 Å². The summed E-state index contributed by atoms with van der Waals surface area (Å²) in [5.74, 6) is -0.804. The van der Waals surface area contributed by atoms with Crippen molar-refractivity contribution in [3.63, 3.8) is 0 Å². The van der Waals surface area contributed by atoms with Crippen LogP contribution in [0.2, 0.25) is 0 Å². The van der Waals surface area contributed by atoms with E-state index in [-0.39, 0.29) is 36.4 Å². The molecule has 0 radical (unpaired) electrons. The van der Waals surface area contributed by atoms with Crippen molar-refractivity contribution in [1.29, 1.82) is 0 Å². The fourth-order valence-corrected chi connectivity index (χ4v) is 3.23. The van der Waals surface area contributed by atoms with Crippen molar-refractivity contribution < 1.29 is 47.6 Å². The zero-order valence-electron chi connectivity index (χ0n) is 25.4. The average Bonchev–Trinajstić information content (AvgIpc) is 2.80. The molecule has 1 aromatic rings. The molecule has 0 aliphatic rings. The number of rotatable bonds is 12. The van der Waals surface area contributed by atoms with Gasteiger partial charge in [-0.1, -0.05) is 26.3 Å². The van der Waals surface area contributed by atoms with Gasteiger partial charge in [0, 0.05) is 13.0 Å². The molecule has 0 bridgehead atoms. The maximum atomic E-state index is 12.5. The minimum Gasteiger partial charge on any atom is -0.468 e. The van der Waals surface area contributed by atoms with Crippen molar-refractivity contribution in [2.24, 2.45) is 5.92 Å². The third-order valence-corrected chi connectivity index (χ3v) is 5.30. The van der Waals surface area contributed by atoms with Gasteiger partial charge in [0.25, 0.3) is 0 Å². The maximum Gasteiger partial charge on any atom is 0.514 e. The summed E-state index contributed by atoms with van der Waals surface area (Å²) >= 11 is 0. The molecule has 11 nitrogen and oxygen atoms in total. The van der Waals surface area contributed by atoms with E-state index < -0.39 is 41.6 Å². The van der Waals surface area contributed by atoms with Crippen LogP contribution >= 0.6 is 0 Å². The van der Waals surface area contributed by atoms with E-state index in [2.05, 4.69) is 5.32 Å². The number of esters is 2. The molecule has 0 aliphatic carbocycles. The largest absolute Gasteiger partial charge is 0.514 e. The lowest BCUT2D eigenvalue weighted by Gasteiger charge is -2.22. The number of carbonyl (C=O) groups excluding carboxylic acids is 4. The Hall–Kier alpha value is -3.34. The third kappa shape index (κ3) is 14.2. The summed E-state index contributed by atoms with van der Waals surface area (Å²) in [6.07, 6.45) is -1.17. The van der Waals surface area contributed by atoms with Crippen molar-refractivity contribution in [3.8, 4) is 11.5 Å². The van der Waals surface area contributed by atoms with Gasteiger partial charge < -0.3 is 33.7 Å². The second kappa shape index (κ2) is 15.4. The van der Waals surface area contributed by atoms with Crippen molar-refractivity contribution in [1.82, 2.24) is 5.32 Å². The summed E-state index contributed by atoms with van der Waals surface area (Å²) in [5.41, 5.74) is -1.07. The number of benzene rings is 1. The Morgan fingerprint density at radius 2 is 1.43 bits per heavy atom. The molecule has 1 N–H and O–H groups in total. The second-order valence-electron chi connectivity index (χ2n) is 11.6. The van der Waals surface area contributed by atoms with Gasteiger partial charge in [-0.2, -0.15) is 0 Å². The summed E-state index contributed by atoms with van der Waals surface area (Å²) in [4.78, 5) is 49.3. The van der Waals surface area contributed by atoms with Gasteiger partial charge >= 0.3 is 24.2 Å². The molecule has 1 rings (SSSR count). The van der Waals surface area contributed by atoms with Gasteiger partial charge in [0.05, 0.1) is 7.11 Å². The van der Waals surface area contributed by atoms with Gasteiger partial charge in [0.2, 0.25) is 0 Å². The van der Waals surface area contributed by atoms with Crippen molar-refractivity contribution in [2.45, 2.75) is 105 Å². The van der Waals surface area contributed by atoms with E-state index in [1.165, 1.54) is 19.2 Å². The fourth-order valence-electron chi connectivity index (χ4n) is 3.23. The molecular weight excluding hydrogens is 522 g/mol. The quantitative estimate of drug-likeness (QED) is 0.199. The Balaban J connectivity index is 3.09. The Morgan fingerprint density at radius 3 is 1.93 bits per heavy atom. The Morgan fingerprint density at radius 1 is 0.875 bits per heavy atom. The zero-order chi connectivity index (χ0) is 30.7. The van der Waals surface area contributed by atoms with Gasteiger partial charge in [-0.15, -0.1) is 0 Å². The molecule has 40 heavy (non-hydrogen) atoms. The molecule has 0 aromatic heterocycles. The second-order valence-corrected chi connectivity index (χ2v) is 11.6. The third-order valence-electron chi connectivity index (χ3n) is 5.30. The van der Waals surface area contributed by atoms with Gasteiger partial charge in [-0.25, -0.2) is 9.59 Å². The highest BCUT2D eigenvalue weighted by molar-refractivity contribution is 5.76. The van der Waals surface area contributed by atoms with E-state index in [1.807, 2.05) is 13.8 Å². The number of hydrogen-bond donors (Lipinski definition) is 1. The summed E-state index contributed by atoms with van der Waals surface area (Å²) in [6, 6.07) is 3.67. The number of ether oxygens (including phenoxy) is 6. The van der Waals surface area contributed by atoms with Crippen LogP contribution in [0.1, 0.15) is 80.7 Å². The Kier molecular flexibility index (Phi) is 13.4. The highest BCUT2D eigenvalue weighted by atomic mass is 16.8. The number of hydrogen-bond acceptors (Lipinski definition) is 11. The summed E-state index contributed by atoms with van der Waals surface area (Å²) in [5, 5.41) is 3.07. The maximum absolute atomic E-state index is 12.5. The van der Waals surface area contributed by atoms with Gasteiger partial charge in [-0.3, -0.25) is 9.59 Å². The summed E-state index contributed by atoms with van der Waals surface area (Å²) < 4.78 is 31.4. The molecule has 0 fully saturated rings. The lowest BCUT2D eigenvalue weighted by molar-refractivity contribution is -0.149. The smallest absolute Gasteiger partial charge is 0.468 e. The molecule has 0 saturated carbocycles. The monoisotopic (exact) mass is 567 g/mol. The predicted molar refractivity (Wildman–Crippen MR) is 147 cm³/mol. The van der Waals surface area contributed by atoms with E-state index in [0.29, 0.717) is 12.0 Å². The number of methoxy groups -OCH3 is 1. The first-order valence-electron chi connectivity index (χ1n) is 13.4. The zero-order valence-corrected chi connectivity index (χ0v) is 25.4. The van der Waals surface area contributed by atoms with Crippen LogP contribution in [0.15, 0.2) is 18.2 Å². The van der Waals surface area contributed by atoms with Crippen LogP contribution < -0.4 is 14.8 Å². The van der Waals surface area contributed by atoms with Crippen LogP contribution in [0, 0.1) is 5.92 Å². The van der Waals surface area contributed by atoms with Gasteiger partial charge in [-0.05, 0) is 78.5 Å². The van der Waals surface area contributed by atoms with Crippen LogP contribution in [-0.4, -0.2) is 61.3 Å². The molecule has 0 spiro atoms. The van der Waals surface area contributed by atoms with E-state index in [9.17, 15) is 19.2 Å². The van der Waals surface area contributed by atoms with E-state index >= 15 is 0 Å². The highest BCUT2D eigenvalue weighted by Crippen LogP contribution is 2.31. The molecule has 11 heteroatoms. The Bertz CT molecular complexity index is 1010. The minimum absolute atomic E-state index is 0.0757. The lowest BCUT2D eigenvalue weighted by atomic mass is 10.0. The molecule has 1 aromatic carbocycles. The molecule has 2 unspecified atom stereocenters. The van der Waals surface area contributed by atoms with E-state index in [1.54, 1.807) is 54.5 Å². The molecule has 3 atom stereocenters. The van der Waals surface area contributed by atoms with Crippen LogP contribution in [0.4, 0.5) is 9.59 Å². The van der Waals surface area contributed by atoms with Crippen molar-refractivity contribution in [3.05, 3.63) is 23.8 Å². The normalized spacial score (nSPS) is 13.8. The molecular formula is C29H45NO10. The number of carbonyl (C=O) groups is 4. The highest BCUT2D eigenvalue weighted by Gasteiger charge is 2.26. The SMILES string of the molecule is CCC(C)CC(=O)OC(C)CN[C@@H](Cc1ccc(OC(=O)OC(C)(C)C)c(OC(=O)OC(C)(C)C)c1)C(=O)OC. The van der Waals surface area contributed by atoms with Gasteiger partial charge in [0.15, 0.2) is 11.5 Å². The fraction of sp³-hybridized carbons (Fsp3) is 0.655. The minimum atomic E-state index is -1.01. The van der Waals surface area contributed by atoms with Crippen LogP contribution in [-0.2, 0) is 35.0 Å². The summed E-state index contributed by atoms with van der Waals surface area (Å²) in [7, 11) is 1.27. The Labute approximate surface area is 237 Å². The molecule has 226 valence electrons. The number of nitrogens with one attached hydrogen (secondary N) is 1. The standard InChI is InChI=1S/C29H45NO10/c1-11-18(2)14-24(31)36-19(3)17-30-21(25(32)35-10)15-20-12-13-22(37-26(33)39-28(4,5)6)23(16-20)38-27(34)40-29(7,8)9/h12-13,16,18-19,21,30H,11,14-15,17H2,1-10H3/t18?,19?,21-/m0/s1.